The van der Waals surface area contributed by atoms with E-state index in [4.69, 9.17) is 0 Å². The van der Waals surface area contributed by atoms with Crippen LogP contribution in [0.2, 0.25) is 0 Å². The topological polar surface area (TPSA) is 35.5 Å². The molecule has 1 rings (SSSR count). The second-order valence-corrected chi connectivity index (χ2v) is 5.70. The summed E-state index contributed by atoms with van der Waals surface area (Å²) in [7, 11) is 0. The number of anilines is 1. The molecule has 0 aromatic heterocycles. The summed E-state index contributed by atoms with van der Waals surface area (Å²) in [5, 5.41) is 13.4. The van der Waals surface area contributed by atoms with Crippen molar-refractivity contribution < 1.29 is 5.11 Å². The Labute approximate surface area is 117 Å². The maximum Gasteiger partial charge on any atom is 0.0765 e. The van der Waals surface area contributed by atoms with E-state index >= 15 is 0 Å². The Morgan fingerprint density at radius 2 is 1.79 bits per heavy atom. The smallest absolute Gasteiger partial charge is 0.0765 e. The summed E-state index contributed by atoms with van der Waals surface area (Å²) in [5.74, 6) is 0. The Hall–Kier alpha value is -1.06. The number of nitrogens with zero attached hydrogens (tertiary/aromatic N) is 1. The second kappa shape index (κ2) is 6.92. The molecule has 0 amide bonds. The Morgan fingerprint density at radius 1 is 1.21 bits per heavy atom. The molecule has 0 bridgehead atoms. The van der Waals surface area contributed by atoms with Gasteiger partial charge in [0.15, 0.2) is 0 Å². The molecular weight excluding hydrogens is 236 g/mol. The molecule has 108 valence electrons. The van der Waals surface area contributed by atoms with Gasteiger partial charge in [0.1, 0.15) is 0 Å². The first-order chi connectivity index (χ1) is 8.87. The summed E-state index contributed by atoms with van der Waals surface area (Å²) < 4.78 is 0. The summed E-state index contributed by atoms with van der Waals surface area (Å²) >= 11 is 0. The van der Waals surface area contributed by atoms with Crippen LogP contribution in [-0.4, -0.2) is 30.3 Å². The largest absolute Gasteiger partial charge is 0.389 e. The van der Waals surface area contributed by atoms with Gasteiger partial charge in [-0.1, -0.05) is 19.1 Å². The average molecular weight is 264 g/mol. The van der Waals surface area contributed by atoms with Crippen molar-refractivity contribution in [2.45, 2.75) is 46.3 Å². The van der Waals surface area contributed by atoms with E-state index < -0.39 is 5.60 Å². The number of hydrogen-bond donors (Lipinski definition) is 2. The second-order valence-electron chi connectivity index (χ2n) is 5.70. The van der Waals surface area contributed by atoms with Gasteiger partial charge in [0.05, 0.1) is 5.60 Å². The molecule has 0 aliphatic heterocycles. The quantitative estimate of drug-likeness (QED) is 0.795. The van der Waals surface area contributed by atoms with Gasteiger partial charge in [-0.3, -0.25) is 0 Å². The molecule has 0 radical (unpaired) electrons. The van der Waals surface area contributed by atoms with Gasteiger partial charge in [0.2, 0.25) is 0 Å². The van der Waals surface area contributed by atoms with Gasteiger partial charge in [-0.2, -0.15) is 0 Å². The van der Waals surface area contributed by atoms with Crippen molar-refractivity contribution in [1.82, 2.24) is 5.32 Å². The number of nitrogens with one attached hydrogen (secondary N) is 1. The molecule has 1 atom stereocenters. The number of likely N-dealkylation sites (N-methyl/N-ethyl adjacent to an activating group) is 1. The molecule has 3 nitrogen and oxygen atoms in total. The first-order valence-electron chi connectivity index (χ1n) is 7.18. The van der Waals surface area contributed by atoms with Crippen LogP contribution >= 0.6 is 0 Å². The summed E-state index contributed by atoms with van der Waals surface area (Å²) in [6, 6.07) is 8.98. The van der Waals surface area contributed by atoms with Crippen molar-refractivity contribution >= 4 is 5.69 Å². The number of benzene rings is 1. The molecular formula is C16H28N2O. The molecule has 1 aromatic rings. The molecule has 2 N–H and O–H groups in total. The fourth-order valence-electron chi connectivity index (χ4n) is 2.25. The highest BCUT2D eigenvalue weighted by molar-refractivity contribution is 5.48. The van der Waals surface area contributed by atoms with Crippen molar-refractivity contribution in [2.75, 3.05) is 24.5 Å². The van der Waals surface area contributed by atoms with Crippen molar-refractivity contribution in [3.8, 4) is 0 Å². The van der Waals surface area contributed by atoms with Gasteiger partial charge in [0.25, 0.3) is 0 Å². The molecule has 0 aliphatic carbocycles. The Morgan fingerprint density at radius 3 is 2.21 bits per heavy atom. The normalized spacial score (nSPS) is 13.4. The zero-order valence-electron chi connectivity index (χ0n) is 12.9. The Balaban J connectivity index is 2.78. The predicted octanol–water partition coefficient (Wildman–Crippen LogP) is 2.95. The third kappa shape index (κ3) is 5.21. The molecule has 0 spiro atoms. The molecule has 0 heterocycles. The van der Waals surface area contributed by atoms with E-state index in [1.807, 2.05) is 13.8 Å². The van der Waals surface area contributed by atoms with Crippen molar-refractivity contribution in [3.63, 3.8) is 0 Å². The van der Waals surface area contributed by atoms with E-state index in [9.17, 15) is 5.11 Å². The van der Waals surface area contributed by atoms with E-state index in [2.05, 4.69) is 55.3 Å². The highest BCUT2D eigenvalue weighted by Crippen LogP contribution is 2.20. The molecule has 19 heavy (non-hydrogen) atoms. The van der Waals surface area contributed by atoms with Crippen LogP contribution in [0.1, 0.15) is 46.2 Å². The van der Waals surface area contributed by atoms with Gasteiger partial charge in [0, 0.05) is 24.8 Å². The highest BCUT2D eigenvalue weighted by Gasteiger charge is 2.17. The van der Waals surface area contributed by atoms with Crippen LogP contribution in [0.4, 0.5) is 5.69 Å². The number of aliphatic hydroxyl groups is 1. The van der Waals surface area contributed by atoms with Gasteiger partial charge in [-0.15, -0.1) is 0 Å². The van der Waals surface area contributed by atoms with Crippen LogP contribution in [-0.2, 0) is 0 Å². The van der Waals surface area contributed by atoms with Gasteiger partial charge >= 0.3 is 0 Å². The van der Waals surface area contributed by atoms with Gasteiger partial charge in [-0.05, 0) is 51.9 Å². The minimum absolute atomic E-state index is 0.378. The summed E-state index contributed by atoms with van der Waals surface area (Å²) in [5.41, 5.74) is 1.79. The number of hydrogen-bond acceptors (Lipinski definition) is 3. The van der Waals surface area contributed by atoms with Crippen LogP contribution in [0, 0.1) is 0 Å². The lowest BCUT2D eigenvalue weighted by Gasteiger charge is -2.30. The molecule has 0 saturated carbocycles. The first kappa shape index (κ1) is 16.0. The van der Waals surface area contributed by atoms with Crippen LogP contribution in [0.5, 0.6) is 0 Å². The number of rotatable bonds is 7. The van der Waals surface area contributed by atoms with E-state index in [-0.39, 0.29) is 0 Å². The van der Waals surface area contributed by atoms with E-state index in [0.29, 0.717) is 12.6 Å². The average Bonchev–Trinajstić information content (AvgIpc) is 2.35. The fourth-order valence-corrected chi connectivity index (χ4v) is 2.25. The Bertz CT molecular complexity index is 367. The highest BCUT2D eigenvalue weighted by atomic mass is 16.3. The summed E-state index contributed by atoms with van der Waals surface area (Å²) in [6.45, 7) is 12.6. The molecule has 1 unspecified atom stereocenters. The van der Waals surface area contributed by atoms with Crippen molar-refractivity contribution in [1.29, 1.82) is 0 Å². The third-order valence-corrected chi connectivity index (χ3v) is 3.23. The standard InChI is InChI=1S/C16H28N2O/c1-6-17-13(3)14-8-10-15(11-9-14)18(7-2)12-16(4,5)19/h8-11,13,17,19H,6-7,12H2,1-5H3. The third-order valence-electron chi connectivity index (χ3n) is 3.23. The van der Waals surface area contributed by atoms with E-state index in [1.54, 1.807) is 0 Å². The van der Waals surface area contributed by atoms with Crippen LogP contribution < -0.4 is 10.2 Å². The lowest BCUT2D eigenvalue weighted by atomic mass is 10.1. The maximum absolute atomic E-state index is 9.94. The summed E-state index contributed by atoms with van der Waals surface area (Å²) in [6.07, 6.45) is 0. The minimum Gasteiger partial charge on any atom is -0.389 e. The zero-order chi connectivity index (χ0) is 14.5. The van der Waals surface area contributed by atoms with E-state index in [0.717, 1.165) is 18.8 Å². The zero-order valence-corrected chi connectivity index (χ0v) is 12.9. The molecule has 0 saturated heterocycles. The maximum atomic E-state index is 9.94. The predicted molar refractivity (Wildman–Crippen MR) is 82.7 cm³/mol. The monoisotopic (exact) mass is 264 g/mol. The molecule has 1 aromatic carbocycles. The lowest BCUT2D eigenvalue weighted by Crippen LogP contribution is -2.38. The van der Waals surface area contributed by atoms with Gasteiger partial charge < -0.3 is 15.3 Å². The minimum atomic E-state index is -0.675. The lowest BCUT2D eigenvalue weighted by molar-refractivity contribution is 0.0876. The summed E-state index contributed by atoms with van der Waals surface area (Å²) in [4.78, 5) is 2.20. The van der Waals surface area contributed by atoms with Gasteiger partial charge in [-0.25, -0.2) is 0 Å². The van der Waals surface area contributed by atoms with Crippen LogP contribution in [0.3, 0.4) is 0 Å². The van der Waals surface area contributed by atoms with Crippen LogP contribution in [0.15, 0.2) is 24.3 Å². The van der Waals surface area contributed by atoms with Crippen molar-refractivity contribution in [3.05, 3.63) is 29.8 Å². The molecule has 3 heteroatoms. The van der Waals surface area contributed by atoms with Crippen molar-refractivity contribution in [2.24, 2.45) is 0 Å². The SMILES string of the molecule is CCNC(C)c1ccc(N(CC)CC(C)(C)O)cc1. The molecule has 0 fully saturated rings. The Kier molecular flexibility index (Phi) is 5.83. The first-order valence-corrected chi connectivity index (χ1v) is 7.18. The fraction of sp³-hybridized carbons (Fsp3) is 0.625. The van der Waals surface area contributed by atoms with E-state index in [1.165, 1.54) is 5.56 Å². The van der Waals surface area contributed by atoms with Crippen LogP contribution in [0.25, 0.3) is 0 Å². The molecule has 0 aliphatic rings.